The molecule has 16 aromatic rings. The zero-order valence-electron chi connectivity index (χ0n) is 70.5. The van der Waals surface area contributed by atoms with Crippen LogP contribution in [0.2, 0.25) is 0 Å². The van der Waals surface area contributed by atoms with Crippen LogP contribution in [0.3, 0.4) is 0 Å². The molecule has 0 fully saturated rings. The van der Waals surface area contributed by atoms with Crippen LogP contribution in [-0.4, -0.2) is 0 Å². The Bertz CT molecular complexity index is 5530. The maximum Gasteiger partial charge on any atom is -0.00107 e. The molecule has 0 heterocycles. The van der Waals surface area contributed by atoms with Gasteiger partial charge >= 0.3 is 0 Å². The second-order valence-electron chi connectivity index (χ2n) is 31.4. The van der Waals surface area contributed by atoms with Gasteiger partial charge in [0.1, 0.15) is 0 Å². The third-order valence-corrected chi connectivity index (χ3v) is 21.9. The number of fused-ring (bicyclic) bond motifs is 10. The first-order valence-corrected chi connectivity index (χ1v) is 40.5. The van der Waals surface area contributed by atoms with Gasteiger partial charge in [0.25, 0.3) is 0 Å². The van der Waals surface area contributed by atoms with Crippen molar-refractivity contribution in [3.8, 4) is 66.8 Å². The van der Waals surface area contributed by atoms with Gasteiger partial charge in [0.2, 0.25) is 0 Å². The molecule has 0 unspecified atom stereocenters. The van der Waals surface area contributed by atoms with Crippen LogP contribution >= 0.6 is 0 Å². The van der Waals surface area contributed by atoms with Gasteiger partial charge in [-0.1, -0.05) is 401 Å². The van der Waals surface area contributed by atoms with Crippen molar-refractivity contribution in [2.45, 2.75) is 137 Å². The van der Waals surface area contributed by atoms with Crippen molar-refractivity contribution >= 4 is 10.8 Å². The summed E-state index contributed by atoms with van der Waals surface area (Å²) in [5.74, 6) is 0. The van der Waals surface area contributed by atoms with Crippen LogP contribution in [0.5, 0.6) is 0 Å². The van der Waals surface area contributed by atoms with Gasteiger partial charge in [0.05, 0.1) is 0 Å². The number of hydrogen-bond donors (Lipinski definition) is 0. The van der Waals surface area contributed by atoms with E-state index in [2.05, 4.69) is 445 Å². The Morgan fingerprint density at radius 2 is 0.465 bits per heavy atom. The fourth-order valence-electron chi connectivity index (χ4n) is 15.2. The van der Waals surface area contributed by atoms with Crippen LogP contribution in [0.4, 0.5) is 0 Å². The topological polar surface area (TPSA) is 0 Å². The predicted octanol–water partition coefficient (Wildman–Crippen LogP) is 31.3. The molecule has 0 saturated heterocycles. The SMILES string of the molecule is Cc1ccc(-c2ccc(C)cc2)cc1.Cc1ccc(C)c(-c2ccccc2)c1-c1ccccc1.Cc1ccc(C)c2c1Cc1ccccc1-2.Cc1ccc(C)c2ccccc12.Cc1ccc(C)cc1.Cc1ccc(C)cc1.Cc1ccc2c(c1)-c1cccc(C)c1C2.Cc1ccc2c(c1)Cc1cc(C)ccc1-2.Cc1ccccc1. The molecule has 0 spiro atoms. The minimum absolute atomic E-state index is 1.11. The van der Waals surface area contributed by atoms with Crippen LogP contribution in [-0.2, 0) is 19.3 Å². The highest BCUT2D eigenvalue weighted by molar-refractivity contribution is 5.89. The van der Waals surface area contributed by atoms with Crippen molar-refractivity contribution in [1.29, 1.82) is 0 Å². The van der Waals surface area contributed by atoms with Crippen molar-refractivity contribution < 1.29 is 0 Å². The largest absolute Gasteiger partial charge is 0.0622 e. The Morgan fingerprint density at radius 3 is 0.904 bits per heavy atom. The van der Waals surface area contributed by atoms with E-state index in [1.165, 1.54) is 205 Å². The van der Waals surface area contributed by atoms with Crippen molar-refractivity contribution in [3.63, 3.8) is 0 Å². The monoisotopic (exact) mass is 1480 g/mol. The molecule has 0 bridgehead atoms. The molecule has 0 aliphatic heterocycles. The molecule has 114 heavy (non-hydrogen) atoms. The highest BCUT2D eigenvalue weighted by atomic mass is 14.3. The van der Waals surface area contributed by atoms with Crippen molar-refractivity contribution in [1.82, 2.24) is 0 Å². The molecule has 0 atom stereocenters. The van der Waals surface area contributed by atoms with E-state index in [1.807, 2.05) is 18.2 Å². The van der Waals surface area contributed by atoms with Gasteiger partial charge in [-0.3, -0.25) is 0 Å². The summed E-state index contributed by atoms with van der Waals surface area (Å²) in [6.45, 7) is 36.5. The van der Waals surface area contributed by atoms with Gasteiger partial charge in [-0.05, 0) is 287 Å². The summed E-state index contributed by atoms with van der Waals surface area (Å²) >= 11 is 0. The van der Waals surface area contributed by atoms with Crippen LogP contribution in [0, 0.1) is 118 Å². The quantitative estimate of drug-likeness (QED) is 0.165. The highest BCUT2D eigenvalue weighted by Crippen LogP contribution is 2.42. The number of hydrogen-bond acceptors (Lipinski definition) is 0. The third kappa shape index (κ3) is 22.1. The Balaban J connectivity index is 0.000000128. The summed E-state index contributed by atoms with van der Waals surface area (Å²) < 4.78 is 0. The highest BCUT2D eigenvalue weighted by Gasteiger charge is 2.22. The fraction of sp³-hybridized carbons (Fsp3) is 0.175. The van der Waals surface area contributed by atoms with Crippen LogP contribution in [0.1, 0.15) is 128 Å². The minimum Gasteiger partial charge on any atom is -0.0622 e. The molecule has 3 aliphatic carbocycles. The van der Waals surface area contributed by atoms with Crippen molar-refractivity contribution in [2.24, 2.45) is 0 Å². The average molecular weight is 1480 g/mol. The molecule has 0 radical (unpaired) electrons. The summed E-state index contributed by atoms with van der Waals surface area (Å²) in [7, 11) is 0. The number of aryl methyl sites for hydroxylation is 17. The normalized spacial score (nSPS) is 10.9. The summed E-state index contributed by atoms with van der Waals surface area (Å²) in [4.78, 5) is 0. The first-order chi connectivity index (χ1) is 55.0. The maximum atomic E-state index is 2.31. The van der Waals surface area contributed by atoms with E-state index in [0.29, 0.717) is 0 Å². The Morgan fingerprint density at radius 1 is 0.149 bits per heavy atom. The van der Waals surface area contributed by atoms with Gasteiger partial charge in [-0.25, -0.2) is 0 Å². The van der Waals surface area contributed by atoms with Gasteiger partial charge in [0.15, 0.2) is 0 Å². The molecule has 0 N–H and O–H groups in total. The summed E-state index contributed by atoms with van der Waals surface area (Å²) in [6.07, 6.45) is 3.32. The number of rotatable bonds is 3. The Hall–Kier alpha value is -12.2. The Kier molecular flexibility index (Phi) is 28.9. The molecule has 570 valence electrons. The molecule has 19 rings (SSSR count). The average Bonchev–Trinajstić information content (AvgIpc) is 1.54. The van der Waals surface area contributed by atoms with E-state index in [9.17, 15) is 0 Å². The summed E-state index contributed by atoms with van der Waals surface area (Å²) in [5.41, 5.74) is 48.4. The molecule has 0 saturated carbocycles. The van der Waals surface area contributed by atoms with Gasteiger partial charge in [-0.15, -0.1) is 0 Å². The lowest BCUT2D eigenvalue weighted by atomic mass is 9.88. The second kappa shape index (κ2) is 39.8. The van der Waals surface area contributed by atoms with Gasteiger partial charge in [0, 0.05) is 0 Å². The van der Waals surface area contributed by atoms with E-state index in [1.54, 1.807) is 0 Å². The van der Waals surface area contributed by atoms with E-state index in [-0.39, 0.29) is 0 Å². The summed E-state index contributed by atoms with van der Waals surface area (Å²) in [6, 6.07) is 123. The zero-order valence-corrected chi connectivity index (χ0v) is 70.5. The molecule has 3 aliphatic rings. The third-order valence-electron chi connectivity index (χ3n) is 21.9. The molecule has 16 aromatic carbocycles. The zero-order chi connectivity index (χ0) is 80.8. The molecular formula is C114H114. The Labute approximate surface area is 683 Å². The smallest absolute Gasteiger partial charge is 0.00107 e. The lowest BCUT2D eigenvalue weighted by Crippen LogP contribution is -1.92. The second-order valence-corrected chi connectivity index (χ2v) is 31.4. The molecule has 0 aromatic heterocycles. The first kappa shape index (κ1) is 82.7. The maximum absolute atomic E-state index is 2.31. The lowest BCUT2D eigenvalue weighted by molar-refractivity contribution is 1.21. The van der Waals surface area contributed by atoms with Crippen LogP contribution in [0.15, 0.2) is 346 Å². The van der Waals surface area contributed by atoms with Gasteiger partial charge < -0.3 is 0 Å². The first-order valence-electron chi connectivity index (χ1n) is 40.5. The van der Waals surface area contributed by atoms with E-state index >= 15 is 0 Å². The van der Waals surface area contributed by atoms with E-state index in [4.69, 9.17) is 0 Å². The van der Waals surface area contributed by atoms with Crippen molar-refractivity contribution in [3.05, 3.63) is 474 Å². The minimum atomic E-state index is 1.11. The predicted molar refractivity (Wildman–Crippen MR) is 497 cm³/mol. The summed E-state index contributed by atoms with van der Waals surface area (Å²) in [5, 5.41) is 2.75. The molecular weight excluding hydrogens is 1370 g/mol. The van der Waals surface area contributed by atoms with Crippen LogP contribution in [0.25, 0.3) is 77.5 Å². The van der Waals surface area contributed by atoms with Gasteiger partial charge in [-0.2, -0.15) is 0 Å². The molecule has 0 heteroatoms. The lowest BCUT2D eigenvalue weighted by Gasteiger charge is -2.16. The van der Waals surface area contributed by atoms with Crippen molar-refractivity contribution in [2.75, 3.05) is 0 Å². The molecule has 0 nitrogen and oxygen atoms in total. The molecule has 0 amide bonds. The van der Waals surface area contributed by atoms with Crippen LogP contribution < -0.4 is 0 Å². The fourth-order valence-corrected chi connectivity index (χ4v) is 15.2. The number of benzene rings is 16. The van der Waals surface area contributed by atoms with E-state index < -0.39 is 0 Å². The van der Waals surface area contributed by atoms with E-state index in [0.717, 1.165) is 19.3 Å². The standard InChI is InChI=1S/C20H18.3C15H14.C14H14.C12H12.2C8H10.C7H8/c1-15-13-14-16(2)20(18-11-7-4-8-12-18)19(15)17-9-5-3-6-10-17;1-10-3-5-14-12(7-10)9-13-8-11(2)4-6-15(13)14;1-10-6-7-12-9-14-11(2)4-3-5-13(14)15(12)8-10;1-10-7-8-11(2)15-13-6-4-3-5-12(13)9-14(10)15;1-11-3-7-13(8-4-11)14-9-5-12(2)6-10-14;1-9-7-8-10(2)12-6-4-3-5-11(9)12;2*1-7-3-5-8(2)6-4-7;1-7-5-3-2-4-6-7/h3-14H,1-2H3;3*3-8H,9H2,1-2H3;3-10H,1-2H3;3-8H,1-2H3;2*3-6H,1-2H3;2-6H,1H3.